The number of aromatic nitrogens is 4. The third kappa shape index (κ3) is 4.32. The van der Waals surface area contributed by atoms with Gasteiger partial charge in [-0.15, -0.1) is 0 Å². The summed E-state index contributed by atoms with van der Waals surface area (Å²) in [5.74, 6) is 0.153. The molecule has 0 unspecified atom stereocenters. The van der Waals surface area contributed by atoms with Crippen LogP contribution in [-0.4, -0.2) is 49.3 Å². The van der Waals surface area contributed by atoms with Crippen molar-refractivity contribution in [3.05, 3.63) is 42.0 Å². The number of imidazole rings is 1. The van der Waals surface area contributed by atoms with E-state index in [-0.39, 0.29) is 23.3 Å². The Morgan fingerprint density at radius 2 is 1.78 bits per heavy atom. The summed E-state index contributed by atoms with van der Waals surface area (Å²) in [4.78, 5) is 40.2. The van der Waals surface area contributed by atoms with Crippen LogP contribution in [0.25, 0.3) is 0 Å². The molecular formula is C19H26N6O2. The number of hydrogen-bond donors (Lipinski definition) is 1. The first-order valence-corrected chi connectivity index (χ1v) is 9.50. The predicted octanol–water partition coefficient (Wildman–Crippen LogP) is 2.11. The maximum Gasteiger partial charge on any atom is 0.274 e. The molecule has 1 atom stereocenters. The monoisotopic (exact) mass is 370 g/mol. The van der Waals surface area contributed by atoms with Crippen molar-refractivity contribution in [3.63, 3.8) is 0 Å². The van der Waals surface area contributed by atoms with E-state index in [1.54, 1.807) is 11.1 Å². The number of aryl methyl sites for hydroxylation is 1. The third-order valence-electron chi connectivity index (χ3n) is 4.81. The zero-order chi connectivity index (χ0) is 19.2. The maximum absolute atomic E-state index is 12.9. The van der Waals surface area contributed by atoms with E-state index in [4.69, 9.17) is 0 Å². The predicted molar refractivity (Wildman–Crippen MR) is 100 cm³/mol. The van der Waals surface area contributed by atoms with E-state index >= 15 is 0 Å². The number of amides is 2. The number of piperidine rings is 1. The average Bonchev–Trinajstić information content (AvgIpc) is 3.13. The Morgan fingerprint density at radius 3 is 2.41 bits per heavy atom. The van der Waals surface area contributed by atoms with Gasteiger partial charge in [0.15, 0.2) is 11.4 Å². The molecule has 1 saturated heterocycles. The van der Waals surface area contributed by atoms with E-state index in [9.17, 15) is 9.59 Å². The van der Waals surface area contributed by atoms with Crippen molar-refractivity contribution in [3.8, 4) is 0 Å². The fourth-order valence-corrected chi connectivity index (χ4v) is 3.40. The van der Waals surface area contributed by atoms with Crippen LogP contribution in [0.1, 0.15) is 71.9 Å². The van der Waals surface area contributed by atoms with Crippen LogP contribution >= 0.6 is 0 Å². The fraction of sp³-hybridized carbons (Fsp3) is 0.526. The van der Waals surface area contributed by atoms with Gasteiger partial charge in [-0.3, -0.25) is 9.59 Å². The molecular weight excluding hydrogens is 344 g/mol. The Labute approximate surface area is 159 Å². The molecule has 0 spiro atoms. The van der Waals surface area contributed by atoms with Gasteiger partial charge in [-0.25, -0.2) is 15.0 Å². The Morgan fingerprint density at radius 1 is 1.07 bits per heavy atom. The van der Waals surface area contributed by atoms with Crippen molar-refractivity contribution in [2.45, 2.75) is 45.1 Å². The normalized spacial score (nSPS) is 15.4. The minimum absolute atomic E-state index is 0.0726. The van der Waals surface area contributed by atoms with Crippen LogP contribution < -0.4 is 5.32 Å². The van der Waals surface area contributed by atoms with Crippen LogP contribution in [0.3, 0.4) is 0 Å². The first-order chi connectivity index (χ1) is 13.1. The van der Waals surface area contributed by atoms with Crippen molar-refractivity contribution in [1.82, 2.24) is 29.7 Å². The molecule has 1 fully saturated rings. The highest BCUT2D eigenvalue weighted by Gasteiger charge is 2.27. The van der Waals surface area contributed by atoms with Gasteiger partial charge in [0.2, 0.25) is 0 Å². The average molecular weight is 370 g/mol. The first kappa shape index (κ1) is 19.0. The highest BCUT2D eigenvalue weighted by molar-refractivity contribution is 6.04. The number of rotatable bonds is 6. The van der Waals surface area contributed by atoms with Crippen LogP contribution in [0.2, 0.25) is 0 Å². The molecule has 0 saturated carbocycles. The van der Waals surface area contributed by atoms with E-state index in [1.165, 1.54) is 12.4 Å². The molecule has 0 aliphatic carbocycles. The smallest absolute Gasteiger partial charge is 0.274 e. The molecule has 1 aliphatic heterocycles. The van der Waals surface area contributed by atoms with Crippen LogP contribution in [-0.2, 0) is 7.05 Å². The Balaban J connectivity index is 1.82. The van der Waals surface area contributed by atoms with E-state index in [0.29, 0.717) is 13.1 Å². The topological polar surface area (TPSA) is 93.0 Å². The van der Waals surface area contributed by atoms with Crippen LogP contribution in [0.5, 0.6) is 0 Å². The van der Waals surface area contributed by atoms with Gasteiger partial charge in [0.05, 0.1) is 6.04 Å². The van der Waals surface area contributed by atoms with Gasteiger partial charge in [0.25, 0.3) is 11.8 Å². The summed E-state index contributed by atoms with van der Waals surface area (Å²) in [6.45, 7) is 3.44. The molecule has 2 aromatic rings. The van der Waals surface area contributed by atoms with E-state index in [1.807, 2.05) is 17.8 Å². The molecule has 8 nitrogen and oxygen atoms in total. The Hall–Kier alpha value is -2.77. The summed E-state index contributed by atoms with van der Waals surface area (Å²) in [6.07, 6.45) is 11.2. The number of likely N-dealkylation sites (tertiary alicyclic amines) is 1. The molecule has 1 N–H and O–H groups in total. The quantitative estimate of drug-likeness (QED) is 0.841. The standard InChI is InChI=1S/C19H26N6O2/c1-3-7-14(17-22-10-13-24(17)2)23-18(26)15-16(21-9-8-20-15)19(27)25-11-5-4-6-12-25/h8-10,13-14H,3-7,11-12H2,1-2H3,(H,23,26)/t14-/m1/s1. The fourth-order valence-electron chi connectivity index (χ4n) is 3.40. The van der Waals surface area contributed by atoms with Crippen molar-refractivity contribution < 1.29 is 9.59 Å². The largest absolute Gasteiger partial charge is 0.341 e. The van der Waals surface area contributed by atoms with Gasteiger partial charge in [-0.2, -0.15) is 0 Å². The third-order valence-corrected chi connectivity index (χ3v) is 4.81. The molecule has 27 heavy (non-hydrogen) atoms. The van der Waals surface area contributed by atoms with Crippen molar-refractivity contribution in [1.29, 1.82) is 0 Å². The van der Waals surface area contributed by atoms with Gasteiger partial charge >= 0.3 is 0 Å². The lowest BCUT2D eigenvalue weighted by molar-refractivity contribution is 0.0710. The molecule has 3 heterocycles. The summed E-state index contributed by atoms with van der Waals surface area (Å²) >= 11 is 0. The van der Waals surface area contributed by atoms with Crippen molar-refractivity contribution >= 4 is 11.8 Å². The molecule has 0 aromatic carbocycles. The van der Waals surface area contributed by atoms with Gasteiger partial charge in [-0.1, -0.05) is 13.3 Å². The van der Waals surface area contributed by atoms with Gasteiger partial charge in [-0.05, 0) is 25.7 Å². The summed E-state index contributed by atoms with van der Waals surface area (Å²) in [7, 11) is 1.89. The second-order valence-electron chi connectivity index (χ2n) is 6.82. The molecule has 1 aliphatic rings. The van der Waals surface area contributed by atoms with Gasteiger partial charge in [0.1, 0.15) is 5.82 Å². The zero-order valence-corrected chi connectivity index (χ0v) is 15.9. The molecule has 0 radical (unpaired) electrons. The molecule has 144 valence electrons. The number of carbonyl (C=O) groups excluding carboxylic acids is 2. The Kier molecular flexibility index (Phi) is 6.16. The lowest BCUT2D eigenvalue weighted by Crippen LogP contribution is -2.38. The number of hydrogen-bond acceptors (Lipinski definition) is 5. The first-order valence-electron chi connectivity index (χ1n) is 9.50. The number of nitrogens with one attached hydrogen (secondary N) is 1. The lowest BCUT2D eigenvalue weighted by atomic mass is 10.1. The minimum atomic E-state index is -0.398. The second kappa shape index (κ2) is 8.75. The molecule has 0 bridgehead atoms. The number of carbonyl (C=O) groups is 2. The molecule has 2 amide bonds. The van der Waals surface area contributed by atoms with Gasteiger partial charge in [0, 0.05) is 44.9 Å². The SMILES string of the molecule is CCC[C@@H](NC(=O)c1nccnc1C(=O)N1CCCCC1)c1nccn1C. The highest BCUT2D eigenvalue weighted by atomic mass is 16.2. The summed E-state index contributed by atoms with van der Waals surface area (Å²) in [6, 6.07) is -0.248. The minimum Gasteiger partial charge on any atom is -0.341 e. The van der Waals surface area contributed by atoms with Crippen LogP contribution in [0.4, 0.5) is 0 Å². The van der Waals surface area contributed by atoms with Crippen molar-refractivity contribution in [2.75, 3.05) is 13.1 Å². The maximum atomic E-state index is 12.9. The summed E-state index contributed by atoms with van der Waals surface area (Å²) < 4.78 is 1.89. The van der Waals surface area contributed by atoms with Gasteiger partial charge < -0.3 is 14.8 Å². The van der Waals surface area contributed by atoms with E-state index in [0.717, 1.165) is 37.9 Å². The number of nitrogens with zero attached hydrogens (tertiary/aromatic N) is 5. The summed E-state index contributed by atoms with van der Waals surface area (Å²) in [5, 5.41) is 2.98. The van der Waals surface area contributed by atoms with Crippen molar-refractivity contribution in [2.24, 2.45) is 7.05 Å². The van der Waals surface area contributed by atoms with Crippen LogP contribution in [0, 0.1) is 0 Å². The van der Waals surface area contributed by atoms with E-state index in [2.05, 4.69) is 27.2 Å². The summed E-state index contributed by atoms with van der Waals surface area (Å²) in [5.41, 5.74) is 0.190. The zero-order valence-electron chi connectivity index (χ0n) is 15.9. The van der Waals surface area contributed by atoms with Crippen LogP contribution in [0.15, 0.2) is 24.8 Å². The lowest BCUT2D eigenvalue weighted by Gasteiger charge is -2.26. The Bertz CT molecular complexity index is 797. The molecule has 8 heteroatoms. The second-order valence-corrected chi connectivity index (χ2v) is 6.82. The molecule has 2 aromatic heterocycles. The highest BCUT2D eigenvalue weighted by Crippen LogP contribution is 2.18. The van der Waals surface area contributed by atoms with E-state index < -0.39 is 5.91 Å². The molecule has 3 rings (SSSR count).